The number of furan rings is 1. The Hall–Kier alpha value is -3.04. The Morgan fingerprint density at radius 1 is 1.33 bits per heavy atom. The van der Waals surface area contributed by atoms with Crippen molar-refractivity contribution >= 4 is 46.9 Å². The van der Waals surface area contributed by atoms with Crippen molar-refractivity contribution in [3.63, 3.8) is 0 Å². The van der Waals surface area contributed by atoms with E-state index in [-0.39, 0.29) is 11.1 Å². The number of hydrogen-bond donors (Lipinski definition) is 2. The number of anilines is 1. The second kappa shape index (κ2) is 10.1. The first kappa shape index (κ1) is 21.7. The fourth-order valence-corrected chi connectivity index (χ4v) is 2.85. The van der Waals surface area contributed by atoms with Gasteiger partial charge in [-0.1, -0.05) is 42.2 Å². The van der Waals surface area contributed by atoms with Crippen molar-refractivity contribution in [2.24, 2.45) is 0 Å². The highest BCUT2D eigenvalue weighted by Gasteiger charge is 2.08. The standard InChI is InChI=1S/C20H21ClN6O2S/c1-3-4-11-27-25-19(24-26-27)23-20(30)22-18(28)10-8-15-7-9-17(29-15)14-6-5-13(2)16(21)12-14/h5-10,12H,3-4,11H2,1-2H3,(H2,22,23,25,28,30)/b10-8+. The average molecular weight is 445 g/mol. The molecule has 0 aliphatic carbocycles. The van der Waals surface area contributed by atoms with Crippen LogP contribution < -0.4 is 10.6 Å². The number of nitrogens with zero attached hydrogens (tertiary/aromatic N) is 4. The van der Waals surface area contributed by atoms with E-state index in [1.54, 1.807) is 12.1 Å². The van der Waals surface area contributed by atoms with Crippen LogP contribution in [0.5, 0.6) is 0 Å². The van der Waals surface area contributed by atoms with Gasteiger partial charge in [0.1, 0.15) is 11.5 Å². The van der Waals surface area contributed by atoms with Crippen LogP contribution in [-0.4, -0.2) is 31.2 Å². The summed E-state index contributed by atoms with van der Waals surface area (Å²) in [6.45, 7) is 4.69. The number of carbonyl (C=O) groups excluding carboxylic acids is 1. The maximum atomic E-state index is 12.1. The molecule has 3 aromatic rings. The molecule has 0 saturated carbocycles. The summed E-state index contributed by atoms with van der Waals surface area (Å²) >= 11 is 11.3. The molecule has 0 spiro atoms. The number of rotatable bonds is 7. The van der Waals surface area contributed by atoms with Crippen LogP contribution in [0.1, 0.15) is 31.1 Å². The number of aryl methyl sites for hydroxylation is 2. The highest BCUT2D eigenvalue weighted by molar-refractivity contribution is 7.80. The van der Waals surface area contributed by atoms with Crippen molar-refractivity contribution in [2.75, 3.05) is 5.32 Å². The van der Waals surface area contributed by atoms with Gasteiger partial charge in [-0.15, -0.1) is 5.10 Å². The molecule has 0 radical (unpaired) electrons. The minimum Gasteiger partial charge on any atom is -0.457 e. The highest BCUT2D eigenvalue weighted by atomic mass is 35.5. The quantitative estimate of drug-likeness (QED) is 0.415. The SMILES string of the molecule is CCCCn1nnc(NC(=S)NC(=O)/C=C/c2ccc(-c3ccc(C)c(Cl)c3)o2)n1. The molecule has 8 nitrogen and oxygen atoms in total. The zero-order valence-electron chi connectivity index (χ0n) is 16.6. The first-order chi connectivity index (χ1) is 14.4. The molecule has 0 aliphatic heterocycles. The monoisotopic (exact) mass is 444 g/mol. The van der Waals surface area contributed by atoms with Crippen LogP contribution in [0.25, 0.3) is 17.4 Å². The molecule has 156 valence electrons. The van der Waals surface area contributed by atoms with Gasteiger partial charge in [0.15, 0.2) is 5.11 Å². The average Bonchev–Trinajstić information content (AvgIpc) is 3.36. The first-order valence-corrected chi connectivity index (χ1v) is 10.2. The molecule has 2 heterocycles. The summed E-state index contributed by atoms with van der Waals surface area (Å²) in [6.07, 6.45) is 4.86. The Morgan fingerprint density at radius 2 is 2.17 bits per heavy atom. The van der Waals surface area contributed by atoms with Gasteiger partial charge in [-0.25, -0.2) is 0 Å². The second-order valence-electron chi connectivity index (χ2n) is 6.51. The van der Waals surface area contributed by atoms with Crippen LogP contribution in [-0.2, 0) is 11.3 Å². The lowest BCUT2D eigenvalue weighted by Crippen LogP contribution is -2.33. The molecule has 2 aromatic heterocycles. The number of aromatic nitrogens is 4. The van der Waals surface area contributed by atoms with Crippen molar-refractivity contribution in [3.8, 4) is 11.3 Å². The maximum Gasteiger partial charge on any atom is 0.269 e. The summed E-state index contributed by atoms with van der Waals surface area (Å²) in [7, 11) is 0. The molecule has 2 N–H and O–H groups in total. The van der Waals surface area contributed by atoms with Crippen molar-refractivity contribution in [3.05, 3.63) is 52.8 Å². The topological polar surface area (TPSA) is 97.9 Å². The lowest BCUT2D eigenvalue weighted by molar-refractivity contribution is -0.115. The van der Waals surface area contributed by atoms with Crippen molar-refractivity contribution in [1.29, 1.82) is 0 Å². The molecule has 30 heavy (non-hydrogen) atoms. The van der Waals surface area contributed by atoms with Gasteiger partial charge in [0.25, 0.3) is 5.95 Å². The summed E-state index contributed by atoms with van der Waals surface area (Å²) in [5.74, 6) is 0.998. The van der Waals surface area contributed by atoms with E-state index in [0.29, 0.717) is 23.1 Å². The Morgan fingerprint density at radius 3 is 2.93 bits per heavy atom. The first-order valence-electron chi connectivity index (χ1n) is 9.39. The third kappa shape index (κ3) is 5.98. The number of thiocarbonyl (C=S) groups is 1. The van der Waals surface area contributed by atoms with Gasteiger partial charge < -0.3 is 4.42 Å². The van der Waals surface area contributed by atoms with Crippen molar-refractivity contribution in [1.82, 2.24) is 25.5 Å². The summed E-state index contributed by atoms with van der Waals surface area (Å²) in [5.41, 5.74) is 1.85. The Kier molecular flexibility index (Phi) is 7.31. The van der Waals surface area contributed by atoms with Gasteiger partial charge in [-0.3, -0.25) is 15.4 Å². The van der Waals surface area contributed by atoms with Gasteiger partial charge in [0, 0.05) is 16.7 Å². The molecule has 0 aliphatic rings. The van der Waals surface area contributed by atoms with E-state index in [9.17, 15) is 4.79 Å². The molecule has 3 rings (SSSR count). The minimum atomic E-state index is -0.415. The van der Waals surface area contributed by atoms with Crippen LogP contribution >= 0.6 is 23.8 Å². The second-order valence-corrected chi connectivity index (χ2v) is 7.32. The number of benzene rings is 1. The summed E-state index contributed by atoms with van der Waals surface area (Å²) in [5, 5.41) is 17.9. The number of hydrogen-bond acceptors (Lipinski definition) is 6. The lowest BCUT2D eigenvalue weighted by atomic mass is 10.1. The largest absolute Gasteiger partial charge is 0.457 e. The molecule has 0 fully saturated rings. The molecule has 1 aromatic carbocycles. The summed E-state index contributed by atoms with van der Waals surface area (Å²) in [6, 6.07) is 9.28. The zero-order chi connectivity index (χ0) is 21.5. The predicted octanol–water partition coefficient (Wildman–Crippen LogP) is 4.22. The maximum absolute atomic E-state index is 12.1. The Labute approximate surface area is 184 Å². The van der Waals surface area contributed by atoms with Crippen molar-refractivity contribution < 1.29 is 9.21 Å². The van der Waals surface area contributed by atoms with E-state index < -0.39 is 5.91 Å². The molecular formula is C20H21ClN6O2S. The van der Waals surface area contributed by atoms with Gasteiger partial charge >= 0.3 is 0 Å². The minimum absolute atomic E-state index is 0.0779. The molecule has 0 bridgehead atoms. The van der Waals surface area contributed by atoms with Gasteiger partial charge in [0.05, 0.1) is 6.54 Å². The van der Waals surface area contributed by atoms with Crippen LogP contribution in [0.4, 0.5) is 5.95 Å². The van der Waals surface area contributed by atoms with E-state index in [4.69, 9.17) is 28.2 Å². The summed E-state index contributed by atoms with van der Waals surface area (Å²) in [4.78, 5) is 13.6. The molecule has 0 unspecified atom stereocenters. The number of nitrogens with one attached hydrogen (secondary N) is 2. The number of tetrazole rings is 1. The van der Waals surface area contributed by atoms with Crippen LogP contribution in [0, 0.1) is 6.92 Å². The molecular weight excluding hydrogens is 424 g/mol. The fraction of sp³-hybridized carbons (Fsp3) is 0.250. The molecule has 1 amide bonds. The molecule has 0 atom stereocenters. The number of amides is 1. The number of carbonyl (C=O) groups is 1. The van der Waals surface area contributed by atoms with Crippen molar-refractivity contribution in [2.45, 2.75) is 33.2 Å². The van der Waals surface area contributed by atoms with Crippen LogP contribution in [0.2, 0.25) is 5.02 Å². The highest BCUT2D eigenvalue weighted by Crippen LogP contribution is 2.27. The number of unbranched alkanes of at least 4 members (excludes halogenated alkanes) is 1. The number of halogens is 1. The van der Waals surface area contributed by atoms with E-state index in [1.165, 1.54) is 10.9 Å². The third-order valence-electron chi connectivity index (χ3n) is 4.11. The molecule has 0 saturated heterocycles. The Balaban J connectivity index is 1.53. The van der Waals surface area contributed by atoms with E-state index in [1.807, 2.05) is 31.2 Å². The van der Waals surface area contributed by atoms with Crippen LogP contribution in [0.3, 0.4) is 0 Å². The van der Waals surface area contributed by atoms with Gasteiger partial charge in [-0.2, -0.15) is 4.80 Å². The van der Waals surface area contributed by atoms with E-state index in [2.05, 4.69) is 33.0 Å². The Bertz CT molecular complexity index is 1070. The van der Waals surface area contributed by atoms with Crippen LogP contribution in [0.15, 0.2) is 40.8 Å². The zero-order valence-corrected chi connectivity index (χ0v) is 18.1. The summed E-state index contributed by atoms with van der Waals surface area (Å²) < 4.78 is 5.75. The molecule has 10 heteroatoms. The van der Waals surface area contributed by atoms with Gasteiger partial charge in [-0.05, 0) is 60.6 Å². The van der Waals surface area contributed by atoms with E-state index >= 15 is 0 Å². The predicted molar refractivity (Wildman–Crippen MR) is 120 cm³/mol. The normalized spacial score (nSPS) is 11.0. The lowest BCUT2D eigenvalue weighted by Gasteiger charge is -2.03. The smallest absolute Gasteiger partial charge is 0.269 e. The van der Waals surface area contributed by atoms with E-state index in [0.717, 1.165) is 24.0 Å². The van der Waals surface area contributed by atoms with Gasteiger partial charge in [0.2, 0.25) is 5.91 Å². The third-order valence-corrected chi connectivity index (χ3v) is 4.72. The fourth-order valence-electron chi connectivity index (χ4n) is 2.48.